The first-order valence-electron chi connectivity index (χ1n) is 9.41. The molecule has 2 N–H and O–H groups in total. The molecule has 0 unspecified atom stereocenters. The Kier molecular flexibility index (Phi) is 8.36. The molecular formula is C22H26N2O5. The summed E-state index contributed by atoms with van der Waals surface area (Å²) in [7, 11) is 0. The summed E-state index contributed by atoms with van der Waals surface area (Å²) < 4.78 is 0. The number of piperazine rings is 1. The molecule has 1 saturated heterocycles. The monoisotopic (exact) mass is 398 g/mol. The van der Waals surface area contributed by atoms with Crippen LogP contribution in [0.15, 0.2) is 54.6 Å². The predicted molar refractivity (Wildman–Crippen MR) is 108 cm³/mol. The number of benzene rings is 2. The van der Waals surface area contributed by atoms with Gasteiger partial charge in [-0.15, -0.1) is 0 Å². The lowest BCUT2D eigenvalue weighted by Crippen LogP contribution is -2.48. The Morgan fingerprint density at radius 3 is 1.97 bits per heavy atom. The summed E-state index contributed by atoms with van der Waals surface area (Å²) in [4.78, 5) is 35.0. The molecule has 0 saturated carbocycles. The summed E-state index contributed by atoms with van der Waals surface area (Å²) in [6.45, 7) is 6.67. The number of hydrogen-bond donors (Lipinski definition) is 2. The molecule has 29 heavy (non-hydrogen) atoms. The molecule has 7 nitrogen and oxygen atoms in total. The fourth-order valence-electron chi connectivity index (χ4n) is 3.11. The van der Waals surface area contributed by atoms with Crippen LogP contribution >= 0.6 is 0 Å². The van der Waals surface area contributed by atoms with E-state index in [1.54, 1.807) is 0 Å². The lowest BCUT2D eigenvalue weighted by atomic mass is 10.1. The van der Waals surface area contributed by atoms with Crippen LogP contribution in [0.3, 0.4) is 0 Å². The second-order valence-corrected chi connectivity index (χ2v) is 6.92. The van der Waals surface area contributed by atoms with E-state index in [4.69, 9.17) is 19.8 Å². The molecule has 1 fully saturated rings. The van der Waals surface area contributed by atoms with E-state index in [1.807, 2.05) is 35.2 Å². The number of carboxylic acids is 2. The number of nitrogens with zero attached hydrogens (tertiary/aromatic N) is 2. The van der Waals surface area contributed by atoms with Gasteiger partial charge < -0.3 is 15.1 Å². The Balaban J connectivity index is 0.000000438. The molecule has 1 amide bonds. The van der Waals surface area contributed by atoms with Gasteiger partial charge in [-0.05, 0) is 18.1 Å². The Hall–Kier alpha value is -3.19. The molecule has 0 aliphatic carbocycles. The zero-order valence-electron chi connectivity index (χ0n) is 16.5. The maximum Gasteiger partial charge on any atom is 0.414 e. The topological polar surface area (TPSA) is 98.2 Å². The van der Waals surface area contributed by atoms with Crippen LogP contribution in [0.1, 0.15) is 16.7 Å². The number of carbonyl (C=O) groups excluding carboxylic acids is 1. The summed E-state index contributed by atoms with van der Waals surface area (Å²) in [6.07, 6.45) is 0.513. The number of amides is 1. The van der Waals surface area contributed by atoms with Gasteiger partial charge in [0.1, 0.15) is 0 Å². The first-order chi connectivity index (χ1) is 13.8. The molecule has 2 aromatic carbocycles. The van der Waals surface area contributed by atoms with Gasteiger partial charge in [-0.3, -0.25) is 9.69 Å². The van der Waals surface area contributed by atoms with E-state index < -0.39 is 11.9 Å². The van der Waals surface area contributed by atoms with E-state index >= 15 is 0 Å². The third kappa shape index (κ3) is 7.75. The van der Waals surface area contributed by atoms with Crippen molar-refractivity contribution in [3.63, 3.8) is 0 Å². The lowest BCUT2D eigenvalue weighted by Gasteiger charge is -2.35. The molecule has 7 heteroatoms. The average molecular weight is 398 g/mol. The molecule has 0 atom stereocenters. The summed E-state index contributed by atoms with van der Waals surface area (Å²) in [6, 6.07) is 18.7. The Morgan fingerprint density at radius 1 is 0.828 bits per heavy atom. The van der Waals surface area contributed by atoms with Gasteiger partial charge in [-0.1, -0.05) is 60.2 Å². The first-order valence-corrected chi connectivity index (χ1v) is 9.41. The van der Waals surface area contributed by atoms with Crippen LogP contribution in [0, 0.1) is 6.92 Å². The number of aryl methyl sites for hydroxylation is 1. The normalized spacial score (nSPS) is 13.9. The molecule has 2 aromatic rings. The van der Waals surface area contributed by atoms with Gasteiger partial charge in [-0.2, -0.15) is 0 Å². The number of aliphatic carboxylic acids is 2. The first kappa shape index (κ1) is 22.1. The van der Waals surface area contributed by atoms with Crippen LogP contribution in [-0.2, 0) is 27.3 Å². The van der Waals surface area contributed by atoms with E-state index in [2.05, 4.69) is 36.1 Å². The summed E-state index contributed by atoms with van der Waals surface area (Å²) in [5, 5.41) is 14.8. The standard InChI is InChI=1S/C20H24N2O.C2H2O4/c1-17-6-5-9-19(14-17)16-21-10-12-22(13-11-21)20(23)15-18-7-3-2-4-8-18;3-1(4)2(5)6/h2-9,14H,10-13,15-16H2,1H3;(H,3,4)(H,5,6). The molecular weight excluding hydrogens is 372 g/mol. The van der Waals surface area contributed by atoms with Crippen molar-refractivity contribution < 1.29 is 24.6 Å². The molecule has 154 valence electrons. The highest BCUT2D eigenvalue weighted by atomic mass is 16.4. The van der Waals surface area contributed by atoms with Crippen LogP contribution < -0.4 is 0 Å². The zero-order chi connectivity index (χ0) is 21.2. The van der Waals surface area contributed by atoms with Crippen LogP contribution in [0.25, 0.3) is 0 Å². The smallest absolute Gasteiger partial charge is 0.414 e. The number of rotatable bonds is 4. The SMILES string of the molecule is Cc1cccc(CN2CCN(C(=O)Cc3ccccc3)CC2)c1.O=C(O)C(=O)O. The van der Waals surface area contributed by atoms with Gasteiger partial charge in [0.25, 0.3) is 0 Å². The second-order valence-electron chi connectivity index (χ2n) is 6.92. The minimum absolute atomic E-state index is 0.242. The molecule has 3 rings (SSSR count). The maximum absolute atomic E-state index is 12.4. The van der Waals surface area contributed by atoms with Gasteiger partial charge in [0, 0.05) is 32.7 Å². The zero-order valence-corrected chi connectivity index (χ0v) is 16.5. The fraction of sp³-hybridized carbons (Fsp3) is 0.318. The van der Waals surface area contributed by atoms with E-state index in [0.29, 0.717) is 6.42 Å². The second kappa shape index (κ2) is 11.0. The van der Waals surface area contributed by atoms with Gasteiger partial charge in [0.05, 0.1) is 6.42 Å². The van der Waals surface area contributed by atoms with Crippen molar-refractivity contribution in [1.29, 1.82) is 0 Å². The summed E-state index contributed by atoms with van der Waals surface area (Å²) in [5.74, 6) is -3.41. The van der Waals surface area contributed by atoms with Gasteiger partial charge in [-0.25, -0.2) is 9.59 Å². The summed E-state index contributed by atoms with van der Waals surface area (Å²) in [5.41, 5.74) is 3.76. The van der Waals surface area contributed by atoms with E-state index in [-0.39, 0.29) is 5.91 Å². The molecule has 0 bridgehead atoms. The molecule has 0 radical (unpaired) electrons. The Bertz CT molecular complexity index is 818. The van der Waals surface area contributed by atoms with Crippen molar-refractivity contribution >= 4 is 17.8 Å². The lowest BCUT2D eigenvalue weighted by molar-refractivity contribution is -0.159. The third-order valence-corrected chi connectivity index (χ3v) is 4.59. The Morgan fingerprint density at radius 2 is 1.41 bits per heavy atom. The number of hydrogen-bond acceptors (Lipinski definition) is 4. The Labute approximate surface area is 170 Å². The fourth-order valence-corrected chi connectivity index (χ4v) is 3.11. The van der Waals surface area contributed by atoms with Crippen LogP contribution in [0.2, 0.25) is 0 Å². The predicted octanol–water partition coefficient (Wildman–Crippen LogP) is 2.04. The van der Waals surface area contributed by atoms with Crippen molar-refractivity contribution in [3.8, 4) is 0 Å². The minimum Gasteiger partial charge on any atom is -0.473 e. The molecule has 0 spiro atoms. The van der Waals surface area contributed by atoms with E-state index in [0.717, 1.165) is 38.3 Å². The highest BCUT2D eigenvalue weighted by Gasteiger charge is 2.21. The van der Waals surface area contributed by atoms with Gasteiger partial charge in [0.2, 0.25) is 5.91 Å². The number of carbonyl (C=O) groups is 3. The highest BCUT2D eigenvalue weighted by molar-refractivity contribution is 6.27. The van der Waals surface area contributed by atoms with Gasteiger partial charge in [0.15, 0.2) is 0 Å². The van der Waals surface area contributed by atoms with E-state index in [1.165, 1.54) is 11.1 Å². The largest absolute Gasteiger partial charge is 0.473 e. The van der Waals surface area contributed by atoms with E-state index in [9.17, 15) is 4.79 Å². The molecule has 0 aromatic heterocycles. The third-order valence-electron chi connectivity index (χ3n) is 4.59. The molecule has 1 aliphatic heterocycles. The van der Waals surface area contributed by atoms with Crippen molar-refractivity contribution in [3.05, 3.63) is 71.3 Å². The minimum atomic E-state index is -1.82. The average Bonchev–Trinajstić information content (AvgIpc) is 2.70. The van der Waals surface area contributed by atoms with Crippen LogP contribution in [-0.4, -0.2) is 64.0 Å². The van der Waals surface area contributed by atoms with Gasteiger partial charge >= 0.3 is 11.9 Å². The van der Waals surface area contributed by atoms with Crippen molar-refractivity contribution in [1.82, 2.24) is 9.80 Å². The molecule has 1 heterocycles. The molecule has 1 aliphatic rings. The van der Waals surface area contributed by atoms with Crippen LogP contribution in [0.4, 0.5) is 0 Å². The van der Waals surface area contributed by atoms with Crippen molar-refractivity contribution in [2.24, 2.45) is 0 Å². The van der Waals surface area contributed by atoms with Crippen LogP contribution in [0.5, 0.6) is 0 Å². The quantitative estimate of drug-likeness (QED) is 0.765. The highest BCUT2D eigenvalue weighted by Crippen LogP contribution is 2.11. The maximum atomic E-state index is 12.4. The van der Waals surface area contributed by atoms with Crippen molar-refractivity contribution in [2.75, 3.05) is 26.2 Å². The number of carboxylic acid groups (broad SMARTS) is 2. The van der Waals surface area contributed by atoms with Crippen molar-refractivity contribution in [2.45, 2.75) is 19.9 Å². The summed E-state index contributed by atoms with van der Waals surface area (Å²) >= 11 is 0.